The molecule has 1 fully saturated rings. The number of hydrogen-bond donors (Lipinski definition) is 2. The Balaban J connectivity index is 2.52. The van der Waals surface area contributed by atoms with Crippen LogP contribution in [-0.2, 0) is 0 Å². The minimum absolute atomic E-state index is 0.487. The molecule has 3 nitrogen and oxygen atoms in total. The maximum atomic E-state index is 9.14. The lowest BCUT2D eigenvalue weighted by Crippen LogP contribution is -2.43. The summed E-state index contributed by atoms with van der Waals surface area (Å²) in [7, 11) is 0. The SMILES string of the molecule is CCN1CCCC1(O)O. The van der Waals surface area contributed by atoms with E-state index in [0.717, 1.165) is 13.0 Å². The fraction of sp³-hybridized carbons (Fsp3) is 1.00. The Bertz CT molecular complexity index is 103. The highest BCUT2D eigenvalue weighted by molar-refractivity contribution is 4.74. The van der Waals surface area contributed by atoms with Crippen molar-refractivity contribution in [2.24, 2.45) is 0 Å². The van der Waals surface area contributed by atoms with Crippen molar-refractivity contribution in [3.05, 3.63) is 0 Å². The summed E-state index contributed by atoms with van der Waals surface area (Å²) in [5.41, 5.74) is 0. The Labute approximate surface area is 54.9 Å². The third-order valence-corrected chi connectivity index (χ3v) is 1.83. The Kier molecular flexibility index (Phi) is 1.75. The van der Waals surface area contributed by atoms with E-state index in [2.05, 4.69) is 0 Å². The van der Waals surface area contributed by atoms with Gasteiger partial charge in [-0.25, -0.2) is 0 Å². The molecule has 3 heteroatoms. The van der Waals surface area contributed by atoms with Gasteiger partial charge in [-0.2, -0.15) is 0 Å². The quantitative estimate of drug-likeness (QED) is 0.482. The summed E-state index contributed by atoms with van der Waals surface area (Å²) in [5, 5.41) is 18.3. The van der Waals surface area contributed by atoms with Crippen molar-refractivity contribution in [3.63, 3.8) is 0 Å². The molecule has 1 heterocycles. The van der Waals surface area contributed by atoms with E-state index in [0.29, 0.717) is 13.0 Å². The molecule has 0 aliphatic carbocycles. The molecule has 2 N–H and O–H groups in total. The van der Waals surface area contributed by atoms with Gasteiger partial charge in [-0.1, -0.05) is 6.92 Å². The first-order chi connectivity index (χ1) is 4.17. The van der Waals surface area contributed by atoms with E-state index in [-0.39, 0.29) is 0 Å². The van der Waals surface area contributed by atoms with Crippen LogP contribution in [0.5, 0.6) is 0 Å². The average Bonchev–Trinajstić information content (AvgIpc) is 2.08. The maximum absolute atomic E-state index is 9.14. The molecule has 0 amide bonds. The molecule has 1 rings (SSSR count). The smallest absolute Gasteiger partial charge is 0.224 e. The zero-order valence-corrected chi connectivity index (χ0v) is 5.67. The predicted molar refractivity (Wildman–Crippen MR) is 33.6 cm³/mol. The molecule has 0 atom stereocenters. The number of aliphatic hydroxyl groups is 2. The van der Waals surface area contributed by atoms with Gasteiger partial charge in [0.25, 0.3) is 0 Å². The highest BCUT2D eigenvalue weighted by atomic mass is 16.5. The van der Waals surface area contributed by atoms with Crippen molar-refractivity contribution < 1.29 is 10.2 Å². The number of nitrogens with zero attached hydrogens (tertiary/aromatic N) is 1. The molecule has 0 saturated carbocycles. The zero-order chi connectivity index (χ0) is 6.91. The molecule has 54 valence electrons. The van der Waals surface area contributed by atoms with Crippen molar-refractivity contribution in [1.82, 2.24) is 4.90 Å². The Morgan fingerprint density at radius 2 is 2.22 bits per heavy atom. The van der Waals surface area contributed by atoms with Crippen LogP contribution in [-0.4, -0.2) is 34.1 Å². The number of hydrogen-bond acceptors (Lipinski definition) is 3. The molecular weight excluding hydrogens is 118 g/mol. The van der Waals surface area contributed by atoms with Gasteiger partial charge in [-0.15, -0.1) is 0 Å². The first-order valence-electron chi connectivity index (χ1n) is 3.36. The molecule has 1 saturated heterocycles. The van der Waals surface area contributed by atoms with Crippen molar-refractivity contribution >= 4 is 0 Å². The summed E-state index contributed by atoms with van der Waals surface area (Å²) >= 11 is 0. The maximum Gasteiger partial charge on any atom is 0.224 e. The second-order valence-electron chi connectivity index (χ2n) is 2.46. The molecule has 0 radical (unpaired) electrons. The summed E-state index contributed by atoms with van der Waals surface area (Å²) in [6, 6.07) is 0. The van der Waals surface area contributed by atoms with Gasteiger partial charge in [0.1, 0.15) is 0 Å². The van der Waals surface area contributed by atoms with E-state index < -0.39 is 5.91 Å². The summed E-state index contributed by atoms with van der Waals surface area (Å²) in [6.07, 6.45) is 1.38. The highest BCUT2D eigenvalue weighted by Crippen LogP contribution is 2.22. The molecular formula is C6H13NO2. The lowest BCUT2D eigenvalue weighted by molar-refractivity contribution is -0.242. The van der Waals surface area contributed by atoms with Crippen molar-refractivity contribution in [2.75, 3.05) is 13.1 Å². The van der Waals surface area contributed by atoms with Gasteiger partial charge in [0.2, 0.25) is 5.91 Å². The lowest BCUT2D eigenvalue weighted by atomic mass is 10.3. The first kappa shape index (κ1) is 6.99. The van der Waals surface area contributed by atoms with Crippen molar-refractivity contribution in [1.29, 1.82) is 0 Å². The molecule has 0 spiro atoms. The van der Waals surface area contributed by atoms with Gasteiger partial charge in [-0.05, 0) is 6.42 Å². The van der Waals surface area contributed by atoms with E-state index >= 15 is 0 Å². The zero-order valence-electron chi connectivity index (χ0n) is 5.67. The van der Waals surface area contributed by atoms with Gasteiger partial charge < -0.3 is 10.2 Å². The predicted octanol–water partition coefficient (Wildman–Crippen LogP) is -0.260. The van der Waals surface area contributed by atoms with Gasteiger partial charge in [0.15, 0.2) is 0 Å². The van der Waals surface area contributed by atoms with Crippen molar-refractivity contribution in [3.8, 4) is 0 Å². The molecule has 0 aromatic rings. The third kappa shape index (κ3) is 1.23. The van der Waals surface area contributed by atoms with Crippen LogP contribution in [0, 0.1) is 0 Å². The molecule has 0 unspecified atom stereocenters. The van der Waals surface area contributed by atoms with Crippen LogP contribution >= 0.6 is 0 Å². The fourth-order valence-corrected chi connectivity index (χ4v) is 1.26. The van der Waals surface area contributed by atoms with Crippen LogP contribution in [0.3, 0.4) is 0 Å². The Hall–Kier alpha value is -0.120. The minimum Gasteiger partial charge on any atom is -0.353 e. The van der Waals surface area contributed by atoms with Gasteiger partial charge >= 0.3 is 0 Å². The summed E-state index contributed by atoms with van der Waals surface area (Å²) in [5.74, 6) is -1.51. The molecule has 0 bridgehead atoms. The Morgan fingerprint density at radius 1 is 1.56 bits per heavy atom. The normalized spacial score (nSPS) is 27.0. The molecule has 9 heavy (non-hydrogen) atoms. The first-order valence-corrected chi connectivity index (χ1v) is 3.36. The van der Waals surface area contributed by atoms with Crippen LogP contribution in [0.1, 0.15) is 19.8 Å². The average molecular weight is 131 g/mol. The lowest BCUT2D eigenvalue weighted by Gasteiger charge is -2.26. The van der Waals surface area contributed by atoms with E-state index in [1.54, 1.807) is 4.90 Å². The van der Waals surface area contributed by atoms with Crippen LogP contribution in [0.4, 0.5) is 0 Å². The standard InChI is InChI=1S/C6H13NO2/c1-2-7-5-3-4-6(7,8)9/h8-9H,2-5H2,1H3. The van der Waals surface area contributed by atoms with E-state index in [1.165, 1.54) is 0 Å². The van der Waals surface area contributed by atoms with E-state index in [1.807, 2.05) is 6.92 Å². The monoisotopic (exact) mass is 131 g/mol. The molecule has 0 aromatic heterocycles. The van der Waals surface area contributed by atoms with Crippen LogP contribution in [0.2, 0.25) is 0 Å². The fourth-order valence-electron chi connectivity index (χ4n) is 1.26. The largest absolute Gasteiger partial charge is 0.353 e. The molecule has 1 aliphatic heterocycles. The second kappa shape index (κ2) is 2.25. The number of likely N-dealkylation sites (tertiary alicyclic amines) is 1. The molecule has 0 aromatic carbocycles. The molecule has 1 aliphatic rings. The summed E-state index contributed by atoms with van der Waals surface area (Å²) < 4.78 is 0. The van der Waals surface area contributed by atoms with Crippen LogP contribution < -0.4 is 0 Å². The summed E-state index contributed by atoms with van der Waals surface area (Å²) in [6.45, 7) is 3.45. The Morgan fingerprint density at radius 3 is 2.44 bits per heavy atom. The van der Waals surface area contributed by atoms with E-state index in [9.17, 15) is 0 Å². The van der Waals surface area contributed by atoms with Crippen LogP contribution in [0.25, 0.3) is 0 Å². The topological polar surface area (TPSA) is 43.7 Å². The highest BCUT2D eigenvalue weighted by Gasteiger charge is 2.35. The second-order valence-corrected chi connectivity index (χ2v) is 2.46. The van der Waals surface area contributed by atoms with Gasteiger partial charge in [0.05, 0.1) is 0 Å². The van der Waals surface area contributed by atoms with Crippen LogP contribution in [0.15, 0.2) is 0 Å². The van der Waals surface area contributed by atoms with Gasteiger partial charge in [-0.3, -0.25) is 4.90 Å². The number of rotatable bonds is 1. The van der Waals surface area contributed by atoms with Crippen molar-refractivity contribution in [2.45, 2.75) is 25.7 Å². The summed E-state index contributed by atoms with van der Waals surface area (Å²) in [4.78, 5) is 1.66. The van der Waals surface area contributed by atoms with E-state index in [4.69, 9.17) is 10.2 Å². The van der Waals surface area contributed by atoms with Gasteiger partial charge in [0, 0.05) is 19.5 Å². The third-order valence-electron chi connectivity index (χ3n) is 1.83. The minimum atomic E-state index is -1.51.